The van der Waals surface area contributed by atoms with Gasteiger partial charge in [0.05, 0.1) is 0 Å². The van der Waals surface area contributed by atoms with Gasteiger partial charge in [-0.15, -0.1) is 0 Å². The third-order valence-corrected chi connectivity index (χ3v) is 4.38. The van der Waals surface area contributed by atoms with Gasteiger partial charge in [-0.1, -0.05) is 19.7 Å². The summed E-state index contributed by atoms with van der Waals surface area (Å²) >= 11 is 0. The average molecular weight is 618 g/mol. The van der Waals surface area contributed by atoms with Gasteiger partial charge in [0.1, 0.15) is 52.9 Å². The van der Waals surface area contributed by atoms with Crippen molar-refractivity contribution in [2.75, 3.05) is 52.9 Å². The Morgan fingerprint density at radius 1 is 0.674 bits per heavy atom. The summed E-state index contributed by atoms with van der Waals surface area (Å²) in [4.78, 5) is 74.3. The van der Waals surface area contributed by atoms with E-state index in [-0.39, 0.29) is 52.9 Å². The quantitative estimate of drug-likeness (QED) is 0.130. The van der Waals surface area contributed by atoms with Crippen molar-refractivity contribution >= 4 is 42.5 Å². The topological polar surface area (TPSA) is 221 Å². The molecule has 0 amide bonds. The lowest BCUT2D eigenvalue weighted by Crippen LogP contribution is -2.22. The van der Waals surface area contributed by atoms with Crippen molar-refractivity contribution in [2.45, 2.75) is 25.2 Å². The molecule has 3 unspecified atom stereocenters. The van der Waals surface area contributed by atoms with Crippen LogP contribution in [0.1, 0.15) is 6.92 Å². The first-order valence-corrected chi connectivity index (χ1v) is 12.1. The molecule has 18 heteroatoms. The highest BCUT2D eigenvalue weighted by atomic mass is 16.8. The smallest absolute Gasteiger partial charge is 0.459 e. The number of carbonyl (C=O) groups is 7. The van der Waals surface area contributed by atoms with Gasteiger partial charge in [0, 0.05) is 17.7 Å². The molecule has 3 saturated heterocycles. The summed E-state index contributed by atoms with van der Waals surface area (Å²) in [6.45, 7) is 11.3. The van der Waals surface area contributed by atoms with Crippen LogP contribution in [-0.2, 0) is 66.5 Å². The SMILES string of the molecule is C=C(C)C(=O)OCC1COC(=O)O1.C=CC(=O)OCC1COC(=O)O1.C=CC(=O)OCCOC(=O)OCC1COC(=O)O1. The average Bonchev–Trinajstić information content (AvgIpc) is 3.72. The van der Waals surface area contributed by atoms with E-state index in [1.807, 2.05) is 0 Å². The van der Waals surface area contributed by atoms with Crippen molar-refractivity contribution in [1.29, 1.82) is 0 Å². The molecule has 0 N–H and O–H groups in total. The van der Waals surface area contributed by atoms with Crippen LogP contribution in [0.2, 0.25) is 0 Å². The number of cyclic esters (lactones) is 6. The molecule has 0 radical (unpaired) electrons. The summed E-state index contributed by atoms with van der Waals surface area (Å²) in [7, 11) is 0. The fourth-order valence-corrected chi connectivity index (χ4v) is 2.40. The van der Waals surface area contributed by atoms with E-state index in [0.717, 1.165) is 12.2 Å². The van der Waals surface area contributed by atoms with Crippen LogP contribution in [0.3, 0.4) is 0 Å². The van der Waals surface area contributed by atoms with Gasteiger partial charge >= 0.3 is 42.5 Å². The first-order chi connectivity index (χ1) is 20.4. The molecule has 3 atom stereocenters. The maximum atomic E-state index is 11.0. The lowest BCUT2D eigenvalue weighted by atomic mass is 10.3. The van der Waals surface area contributed by atoms with Crippen molar-refractivity contribution in [3.05, 3.63) is 37.5 Å². The lowest BCUT2D eigenvalue weighted by molar-refractivity contribution is -0.141. The number of esters is 3. The maximum absolute atomic E-state index is 11.0. The highest BCUT2D eigenvalue weighted by Gasteiger charge is 2.27. The highest BCUT2D eigenvalue weighted by molar-refractivity contribution is 5.87. The molecular formula is C25H30O18. The van der Waals surface area contributed by atoms with E-state index in [2.05, 4.69) is 67.1 Å². The van der Waals surface area contributed by atoms with E-state index >= 15 is 0 Å². The van der Waals surface area contributed by atoms with E-state index in [0.29, 0.717) is 5.57 Å². The molecule has 3 fully saturated rings. The fraction of sp³-hybridized carbons (Fsp3) is 0.480. The van der Waals surface area contributed by atoms with Gasteiger partial charge in [0.25, 0.3) is 0 Å². The van der Waals surface area contributed by atoms with Crippen LogP contribution in [0.5, 0.6) is 0 Å². The number of rotatable bonds is 12. The second-order valence-corrected chi connectivity index (χ2v) is 7.90. The zero-order valence-corrected chi connectivity index (χ0v) is 23.0. The van der Waals surface area contributed by atoms with Crippen LogP contribution in [0.15, 0.2) is 37.5 Å². The van der Waals surface area contributed by atoms with Crippen LogP contribution in [0.4, 0.5) is 19.2 Å². The minimum atomic E-state index is -0.951. The van der Waals surface area contributed by atoms with Crippen LogP contribution in [0, 0.1) is 0 Å². The Kier molecular flexibility index (Phi) is 16.4. The van der Waals surface area contributed by atoms with E-state index in [1.165, 1.54) is 0 Å². The van der Waals surface area contributed by atoms with Crippen molar-refractivity contribution in [3.63, 3.8) is 0 Å². The second-order valence-electron chi connectivity index (χ2n) is 7.90. The summed E-state index contributed by atoms with van der Waals surface area (Å²) in [6, 6.07) is 0. The van der Waals surface area contributed by atoms with Crippen LogP contribution in [-0.4, -0.2) is 114 Å². The standard InChI is InChI=1S/C10H12O8.C8H10O5.C7H8O5/c1-2-8(11)14-3-4-15-9(12)16-5-7-6-17-10(13)18-7;1-5(2)7(9)11-3-6-4-12-8(10)13-6;1-2-6(8)10-3-5-4-11-7(9)12-5/h2,7H,1,3-6H2;6H,1,3-4H2,2H3;2,5H,1,3-4H2. The van der Waals surface area contributed by atoms with E-state index < -0.39 is 60.8 Å². The molecule has 43 heavy (non-hydrogen) atoms. The van der Waals surface area contributed by atoms with Gasteiger partial charge < -0.3 is 52.1 Å². The Balaban J connectivity index is 0.000000331. The predicted molar refractivity (Wildman–Crippen MR) is 134 cm³/mol. The van der Waals surface area contributed by atoms with Gasteiger partial charge in [-0.2, -0.15) is 0 Å². The first kappa shape index (κ1) is 35.7. The molecule has 3 heterocycles. The predicted octanol–water partition coefficient (Wildman–Crippen LogP) is 1.30. The van der Waals surface area contributed by atoms with E-state index in [9.17, 15) is 33.6 Å². The van der Waals surface area contributed by atoms with E-state index in [1.54, 1.807) is 6.92 Å². The summed E-state index contributed by atoms with van der Waals surface area (Å²) in [5.41, 5.74) is 0.310. The van der Waals surface area contributed by atoms with E-state index in [4.69, 9.17) is 4.74 Å². The highest BCUT2D eigenvalue weighted by Crippen LogP contribution is 2.08. The van der Waals surface area contributed by atoms with Gasteiger partial charge in [0.15, 0.2) is 18.3 Å². The second kappa shape index (κ2) is 19.7. The molecule has 0 aliphatic carbocycles. The number of carbonyl (C=O) groups excluding carboxylic acids is 7. The zero-order chi connectivity index (χ0) is 32.2. The van der Waals surface area contributed by atoms with Gasteiger partial charge in [0.2, 0.25) is 0 Å². The number of ether oxygens (including phenoxy) is 11. The summed E-state index contributed by atoms with van der Waals surface area (Å²) in [5, 5.41) is 0. The molecule has 18 nitrogen and oxygen atoms in total. The Hall–Kier alpha value is -5.29. The molecule has 238 valence electrons. The fourth-order valence-electron chi connectivity index (χ4n) is 2.40. The summed E-state index contributed by atoms with van der Waals surface area (Å²) in [6.07, 6.45) is -2.77. The molecular weight excluding hydrogens is 588 g/mol. The Morgan fingerprint density at radius 2 is 1.07 bits per heavy atom. The Morgan fingerprint density at radius 3 is 1.47 bits per heavy atom. The van der Waals surface area contributed by atoms with Crippen molar-refractivity contribution < 1.29 is 85.7 Å². The minimum Gasteiger partial charge on any atom is -0.459 e. The van der Waals surface area contributed by atoms with Gasteiger partial charge in [-0.25, -0.2) is 33.6 Å². The normalized spacial score (nSPS) is 19.3. The summed E-state index contributed by atoms with van der Waals surface area (Å²) < 4.78 is 50.3. The number of hydrogen-bond acceptors (Lipinski definition) is 18. The Bertz CT molecular complexity index is 1050. The third-order valence-electron chi connectivity index (χ3n) is 4.38. The molecule has 3 rings (SSSR count). The third kappa shape index (κ3) is 16.5. The molecule has 0 aromatic heterocycles. The zero-order valence-electron chi connectivity index (χ0n) is 23.0. The van der Waals surface area contributed by atoms with Crippen molar-refractivity contribution in [2.24, 2.45) is 0 Å². The first-order valence-electron chi connectivity index (χ1n) is 12.1. The van der Waals surface area contributed by atoms with Crippen molar-refractivity contribution in [1.82, 2.24) is 0 Å². The van der Waals surface area contributed by atoms with Crippen LogP contribution in [0.25, 0.3) is 0 Å². The molecule has 3 aliphatic heterocycles. The van der Waals surface area contributed by atoms with Gasteiger partial charge in [-0.05, 0) is 6.92 Å². The largest absolute Gasteiger partial charge is 0.508 e. The maximum Gasteiger partial charge on any atom is 0.508 e. The molecule has 0 bridgehead atoms. The molecule has 0 saturated carbocycles. The van der Waals surface area contributed by atoms with Crippen molar-refractivity contribution in [3.8, 4) is 0 Å². The number of hydrogen-bond donors (Lipinski definition) is 0. The minimum absolute atomic E-state index is 0.0105. The summed E-state index contributed by atoms with van der Waals surface area (Å²) in [5.74, 6) is -1.65. The van der Waals surface area contributed by atoms with Crippen LogP contribution < -0.4 is 0 Å². The molecule has 3 aliphatic rings. The Labute approximate surface area is 244 Å². The lowest BCUT2D eigenvalue weighted by Gasteiger charge is -2.08. The molecule has 0 spiro atoms. The van der Waals surface area contributed by atoms with Crippen LogP contribution >= 0.6 is 0 Å². The molecule has 0 aromatic carbocycles. The monoisotopic (exact) mass is 618 g/mol. The molecule has 0 aromatic rings. The van der Waals surface area contributed by atoms with Gasteiger partial charge in [-0.3, -0.25) is 0 Å².